The molecule has 240 valence electrons. The average Bonchev–Trinajstić information content (AvgIpc) is 3.03. The van der Waals surface area contributed by atoms with E-state index in [1.54, 1.807) is 4.79 Å². The number of unbranched alkanes of at least 4 members (excludes halogenated alkanes) is 2. The number of amides is 2. The van der Waals surface area contributed by atoms with E-state index in [-0.39, 0.29) is 12.5 Å². The average molecular weight is 609 g/mol. The summed E-state index contributed by atoms with van der Waals surface area (Å²) in [4.78, 5) is 38.4. The Morgan fingerprint density at radius 2 is 1.68 bits per heavy atom. The van der Waals surface area contributed by atoms with Crippen molar-refractivity contribution >= 4 is 24.0 Å². The number of carbonyl (C=O) groups excluding carboxylic acids is 3. The smallest absolute Gasteiger partial charge is 0.407 e. The Morgan fingerprint density at radius 1 is 0.932 bits per heavy atom. The molecule has 0 saturated heterocycles. The van der Waals surface area contributed by atoms with Crippen LogP contribution in [0.3, 0.4) is 0 Å². The molecule has 2 heterocycles. The Kier molecular flexibility index (Phi) is 14.5. The summed E-state index contributed by atoms with van der Waals surface area (Å²) < 4.78 is 12.3. The molecule has 0 unspecified atom stereocenters. The van der Waals surface area contributed by atoms with Crippen LogP contribution in [0.1, 0.15) is 57.9 Å². The number of nitrogen functional groups attached to an aromatic ring is 1. The third kappa shape index (κ3) is 9.20. The van der Waals surface area contributed by atoms with Crippen molar-refractivity contribution < 1.29 is 23.9 Å². The monoisotopic (exact) mass is 608 g/mol. The number of para-hydroxylation sites is 1. The quantitative estimate of drug-likeness (QED) is 0.129. The van der Waals surface area contributed by atoms with E-state index in [4.69, 9.17) is 15.3 Å². The third-order valence-corrected chi connectivity index (χ3v) is 7.23. The Hall–Kier alpha value is -4.09. The van der Waals surface area contributed by atoms with E-state index >= 15 is 0 Å². The number of aldehydes is 1. The highest BCUT2D eigenvalue weighted by Gasteiger charge is 2.31. The van der Waals surface area contributed by atoms with Crippen molar-refractivity contribution in [1.29, 1.82) is 0 Å². The summed E-state index contributed by atoms with van der Waals surface area (Å²) in [5.74, 6) is 6.58. The first-order valence-electron chi connectivity index (χ1n) is 15.6. The molecule has 11 nitrogen and oxygen atoms in total. The summed E-state index contributed by atoms with van der Waals surface area (Å²) in [6.07, 6.45) is 5.52. The van der Waals surface area contributed by atoms with Crippen LogP contribution in [0.15, 0.2) is 48.5 Å². The van der Waals surface area contributed by atoms with E-state index in [1.807, 2.05) is 66.0 Å². The lowest BCUT2D eigenvalue weighted by Crippen LogP contribution is -2.38. The first kappa shape index (κ1) is 34.4. The Labute approximate surface area is 260 Å². The van der Waals surface area contributed by atoms with E-state index in [0.29, 0.717) is 45.6 Å². The number of nitrogens with zero attached hydrogens (tertiary/aromatic N) is 3. The molecule has 0 radical (unpaired) electrons. The van der Waals surface area contributed by atoms with Gasteiger partial charge >= 0.3 is 6.09 Å². The number of carbonyl (C=O) groups is 3. The number of hydrogen-bond donors (Lipinski definition) is 3. The summed E-state index contributed by atoms with van der Waals surface area (Å²) in [6, 6.07) is 15.9. The zero-order valence-electron chi connectivity index (χ0n) is 26.3. The van der Waals surface area contributed by atoms with Gasteiger partial charge in [0.05, 0.1) is 31.1 Å². The largest absolute Gasteiger partial charge is 0.448 e. The van der Waals surface area contributed by atoms with E-state index in [9.17, 15) is 14.4 Å². The van der Waals surface area contributed by atoms with Crippen LogP contribution in [0, 0.1) is 0 Å². The summed E-state index contributed by atoms with van der Waals surface area (Å²) in [6.45, 7) is 7.81. The van der Waals surface area contributed by atoms with Crippen molar-refractivity contribution in [3.8, 4) is 22.5 Å². The number of benzene rings is 2. The summed E-state index contributed by atoms with van der Waals surface area (Å²) in [5.41, 5.74) is 5.58. The van der Waals surface area contributed by atoms with E-state index in [2.05, 4.69) is 23.6 Å². The Bertz CT molecular complexity index is 1330. The number of aromatic nitrogens is 2. The van der Waals surface area contributed by atoms with Gasteiger partial charge in [-0.25, -0.2) is 4.79 Å². The summed E-state index contributed by atoms with van der Waals surface area (Å²) in [5, 5.41) is 5.85. The molecule has 1 aliphatic rings. The highest BCUT2D eigenvalue weighted by molar-refractivity contribution is 6.00. The number of anilines is 1. The molecule has 1 aliphatic heterocycles. The molecule has 4 N–H and O–H groups in total. The fourth-order valence-corrected chi connectivity index (χ4v) is 5.01. The van der Waals surface area contributed by atoms with Crippen LogP contribution in [0.5, 0.6) is 0 Å². The molecule has 11 heteroatoms. The van der Waals surface area contributed by atoms with Crippen molar-refractivity contribution in [1.82, 2.24) is 20.1 Å². The number of alkyl carbamates (subject to hydrolysis) is 1. The maximum atomic E-state index is 13.2. The van der Waals surface area contributed by atoms with E-state index in [1.165, 1.54) is 0 Å². The lowest BCUT2D eigenvalue weighted by molar-refractivity contribution is -0.118. The van der Waals surface area contributed by atoms with Crippen molar-refractivity contribution in [2.75, 3.05) is 50.7 Å². The van der Waals surface area contributed by atoms with Crippen molar-refractivity contribution in [2.45, 2.75) is 65.5 Å². The predicted molar refractivity (Wildman–Crippen MR) is 174 cm³/mol. The SMILES string of the molecule is CCCCCNC(=O)OCCn1c2c(n1N)-c1ccccc1N(C(=O)CCNC)Cc1ccccc1-2.CCCOCCC=O. The lowest BCUT2D eigenvalue weighted by atomic mass is 9.94. The van der Waals surface area contributed by atoms with Crippen LogP contribution in [-0.4, -0.2) is 67.7 Å². The Morgan fingerprint density at radius 3 is 2.41 bits per heavy atom. The van der Waals surface area contributed by atoms with Gasteiger partial charge in [0.15, 0.2) is 0 Å². The second kappa shape index (κ2) is 18.5. The minimum atomic E-state index is -0.413. The van der Waals surface area contributed by atoms with Crippen LogP contribution >= 0.6 is 0 Å². The van der Waals surface area contributed by atoms with Crippen LogP contribution in [0.2, 0.25) is 0 Å². The van der Waals surface area contributed by atoms with Gasteiger partial charge in [-0.2, -0.15) is 4.79 Å². The third-order valence-electron chi connectivity index (χ3n) is 7.23. The minimum absolute atomic E-state index is 0.0498. The molecule has 2 aromatic carbocycles. The second-order valence-corrected chi connectivity index (χ2v) is 10.5. The number of nitrogens with two attached hydrogens (primary N) is 1. The maximum absolute atomic E-state index is 13.2. The first-order chi connectivity index (χ1) is 21.5. The fraction of sp³-hybridized carbons (Fsp3) is 0.485. The van der Waals surface area contributed by atoms with Crippen molar-refractivity contribution in [3.05, 3.63) is 54.1 Å². The molecule has 0 saturated carbocycles. The molecule has 3 aromatic rings. The minimum Gasteiger partial charge on any atom is -0.448 e. The van der Waals surface area contributed by atoms with Gasteiger partial charge in [-0.15, -0.1) is 0 Å². The summed E-state index contributed by atoms with van der Waals surface area (Å²) in [7, 11) is 1.84. The molecule has 0 bridgehead atoms. The molecule has 0 atom stereocenters. The van der Waals surface area contributed by atoms with Gasteiger partial charge in [0, 0.05) is 43.7 Å². The molecule has 0 aliphatic carbocycles. The molecular formula is C33H48N6O5. The van der Waals surface area contributed by atoms with Crippen LogP contribution in [-0.2, 0) is 32.2 Å². The molecule has 44 heavy (non-hydrogen) atoms. The number of hydrogen-bond acceptors (Lipinski definition) is 7. The van der Waals surface area contributed by atoms with Gasteiger partial charge in [0.25, 0.3) is 0 Å². The van der Waals surface area contributed by atoms with Gasteiger partial charge in [-0.05, 0) is 31.5 Å². The molecule has 0 fully saturated rings. The molecule has 2 amide bonds. The van der Waals surface area contributed by atoms with Crippen LogP contribution < -0.4 is 21.4 Å². The molecule has 4 rings (SSSR count). The number of rotatable bonds is 15. The van der Waals surface area contributed by atoms with Gasteiger partial charge in [-0.3, -0.25) is 9.48 Å². The topological polar surface area (TPSA) is 133 Å². The second-order valence-electron chi connectivity index (χ2n) is 10.5. The van der Waals surface area contributed by atoms with Crippen LogP contribution in [0.25, 0.3) is 22.5 Å². The highest BCUT2D eigenvalue weighted by Crippen LogP contribution is 2.43. The van der Waals surface area contributed by atoms with Crippen molar-refractivity contribution in [3.63, 3.8) is 0 Å². The zero-order valence-corrected chi connectivity index (χ0v) is 26.3. The van der Waals surface area contributed by atoms with Gasteiger partial charge in [-0.1, -0.05) is 69.2 Å². The van der Waals surface area contributed by atoms with Crippen molar-refractivity contribution in [2.24, 2.45) is 0 Å². The van der Waals surface area contributed by atoms with Gasteiger partial charge in [0.2, 0.25) is 5.91 Å². The lowest BCUT2D eigenvalue weighted by Gasteiger charge is -2.35. The summed E-state index contributed by atoms with van der Waals surface area (Å²) >= 11 is 0. The van der Waals surface area contributed by atoms with Gasteiger partial charge < -0.3 is 35.6 Å². The van der Waals surface area contributed by atoms with E-state index < -0.39 is 6.09 Å². The standard InChI is InChI=1S/C27H36N6O3.C6H12O2/c1-3-4-9-15-30-27(35)36-18-17-32-25-21-11-6-5-10-20(21)19-31(24(34)14-16-29-2)23-13-8-7-12-22(23)26(25)33(32)28;1-2-5-8-6-3-4-7/h5-8,10-13,29H,3-4,9,14-19,28H2,1-2H3,(H,30,35);4H,2-3,5-6H2,1H3. The number of fused-ring (bicyclic) bond motifs is 5. The zero-order chi connectivity index (χ0) is 31.7. The molecule has 1 aromatic heterocycles. The number of nitrogens with one attached hydrogen (secondary N) is 2. The fourth-order valence-electron chi connectivity index (χ4n) is 5.01. The Balaban J connectivity index is 0.000000583. The number of ether oxygens (including phenoxy) is 2. The highest BCUT2D eigenvalue weighted by atomic mass is 16.5. The van der Waals surface area contributed by atoms with Crippen LogP contribution in [0.4, 0.5) is 10.5 Å². The predicted octanol–water partition coefficient (Wildman–Crippen LogP) is 4.71. The van der Waals surface area contributed by atoms with E-state index in [0.717, 1.165) is 72.3 Å². The van der Waals surface area contributed by atoms with Gasteiger partial charge in [0.1, 0.15) is 18.6 Å². The first-order valence-corrected chi connectivity index (χ1v) is 15.6. The maximum Gasteiger partial charge on any atom is 0.407 e. The molecular weight excluding hydrogens is 560 g/mol. The normalized spacial score (nSPS) is 11.7. The molecule has 0 spiro atoms.